The number of Topliss-reactive ketones (excluding diaryl/α,β-unsaturated/α-hetero) is 1. The summed E-state index contributed by atoms with van der Waals surface area (Å²) in [5.74, 6) is -9.28. The lowest BCUT2D eigenvalue weighted by molar-refractivity contribution is -0.378. The summed E-state index contributed by atoms with van der Waals surface area (Å²) < 4.78 is 51.6. The Morgan fingerprint density at radius 1 is 1.21 bits per heavy atom. The Bertz CT molecular complexity index is 869. The third kappa shape index (κ3) is 3.54. The van der Waals surface area contributed by atoms with Crippen LogP contribution in [0, 0.1) is 18.3 Å². The molecule has 0 saturated heterocycles. The van der Waals surface area contributed by atoms with E-state index in [4.69, 9.17) is 4.74 Å². The van der Waals surface area contributed by atoms with Gasteiger partial charge < -0.3 is 14.6 Å². The summed E-state index contributed by atoms with van der Waals surface area (Å²) in [5, 5.41) is 10.7. The Balaban J connectivity index is 2.31. The van der Waals surface area contributed by atoms with E-state index in [9.17, 15) is 27.9 Å². The van der Waals surface area contributed by atoms with Crippen molar-refractivity contribution in [2.24, 2.45) is 11.3 Å². The number of aryl methyl sites for hydroxylation is 1. The van der Waals surface area contributed by atoms with Crippen LogP contribution in [0.2, 0.25) is 0 Å². The molecule has 1 heterocycles. The Morgan fingerprint density at radius 2 is 1.79 bits per heavy atom. The number of halogens is 3. The van der Waals surface area contributed by atoms with Crippen molar-refractivity contribution in [1.82, 2.24) is 0 Å². The van der Waals surface area contributed by atoms with Gasteiger partial charge in [-0.2, -0.15) is 13.2 Å². The van der Waals surface area contributed by atoms with Gasteiger partial charge in [0.15, 0.2) is 5.78 Å². The Hall–Kier alpha value is -2.35. The van der Waals surface area contributed by atoms with Gasteiger partial charge in [-0.25, -0.2) is 0 Å². The monoisotopic (exact) mass is 412 g/mol. The maximum Gasteiger partial charge on any atom is 0.456 e. The maximum absolute atomic E-state index is 14.0. The molecule has 0 amide bonds. The number of ketones is 1. The molecular weight excluding hydrogens is 389 g/mol. The molecule has 1 N–H and O–H groups in total. The number of esters is 1. The number of alkyl halides is 3. The normalized spacial score (nSPS) is 29.2. The molecule has 1 aliphatic carbocycles. The van der Waals surface area contributed by atoms with Gasteiger partial charge in [-0.3, -0.25) is 9.59 Å². The van der Waals surface area contributed by atoms with Crippen molar-refractivity contribution in [3.8, 4) is 0 Å². The van der Waals surface area contributed by atoms with Crippen LogP contribution in [0.15, 0.2) is 35.6 Å². The summed E-state index contributed by atoms with van der Waals surface area (Å²) >= 11 is 0. The van der Waals surface area contributed by atoms with Crippen molar-refractivity contribution in [3.05, 3.63) is 46.7 Å². The van der Waals surface area contributed by atoms with Crippen LogP contribution in [0.4, 0.5) is 13.2 Å². The van der Waals surface area contributed by atoms with Gasteiger partial charge in [0.1, 0.15) is 11.7 Å². The molecule has 3 atom stereocenters. The third-order valence-electron chi connectivity index (χ3n) is 5.52. The van der Waals surface area contributed by atoms with Crippen LogP contribution in [-0.4, -0.2) is 35.9 Å². The fraction of sp³-hybridized carbons (Fsp3) is 0.524. The molecule has 158 valence electrons. The standard InChI is InChI=1S/C21H23F3O5/c1-11-5-7-12(8-6-11)15-16-13(25)9-19(2,3)10-14(16)29-20(27,21(22,23)24)17(15)18(26)28-4/h5-8,15,17,27H,9-10H2,1-4H3/t15-,17-,20+/m1/s1. The molecule has 2 aliphatic rings. The minimum absolute atomic E-state index is 0.00231. The lowest BCUT2D eigenvalue weighted by atomic mass is 9.66. The molecule has 0 bridgehead atoms. The summed E-state index contributed by atoms with van der Waals surface area (Å²) in [6.07, 6.45) is -5.17. The van der Waals surface area contributed by atoms with E-state index in [0.717, 1.165) is 12.7 Å². The minimum Gasteiger partial charge on any atom is -0.469 e. The van der Waals surface area contributed by atoms with E-state index in [1.54, 1.807) is 45.0 Å². The first-order valence-corrected chi connectivity index (χ1v) is 9.19. The molecule has 0 fully saturated rings. The number of hydrogen-bond acceptors (Lipinski definition) is 5. The van der Waals surface area contributed by atoms with Crippen molar-refractivity contribution in [2.45, 2.75) is 51.5 Å². The van der Waals surface area contributed by atoms with Gasteiger partial charge in [0.05, 0.1) is 7.11 Å². The molecule has 0 saturated carbocycles. The minimum atomic E-state index is -5.29. The molecule has 0 spiro atoms. The number of hydrogen-bond donors (Lipinski definition) is 1. The highest BCUT2D eigenvalue weighted by atomic mass is 19.4. The van der Waals surface area contributed by atoms with Gasteiger partial charge in [-0.05, 0) is 17.9 Å². The van der Waals surface area contributed by atoms with E-state index in [-0.39, 0.29) is 24.2 Å². The van der Waals surface area contributed by atoms with Gasteiger partial charge in [0, 0.05) is 24.3 Å². The molecular formula is C21H23F3O5. The second-order valence-corrected chi connectivity index (χ2v) is 8.46. The quantitative estimate of drug-likeness (QED) is 0.749. The number of carbonyl (C=O) groups is 2. The molecule has 0 unspecified atom stereocenters. The van der Waals surface area contributed by atoms with Gasteiger partial charge >= 0.3 is 17.9 Å². The first-order valence-electron chi connectivity index (χ1n) is 9.19. The molecule has 1 aromatic carbocycles. The molecule has 1 aliphatic heterocycles. The van der Waals surface area contributed by atoms with E-state index >= 15 is 0 Å². The van der Waals surface area contributed by atoms with Gasteiger partial charge in [0.2, 0.25) is 0 Å². The summed E-state index contributed by atoms with van der Waals surface area (Å²) in [6.45, 7) is 5.27. The van der Waals surface area contributed by atoms with Crippen molar-refractivity contribution in [3.63, 3.8) is 0 Å². The molecule has 5 nitrogen and oxygen atoms in total. The second-order valence-electron chi connectivity index (χ2n) is 8.46. The third-order valence-corrected chi connectivity index (χ3v) is 5.52. The first-order chi connectivity index (χ1) is 13.3. The second kappa shape index (κ2) is 6.86. The Labute approximate surface area is 166 Å². The number of benzene rings is 1. The van der Waals surface area contributed by atoms with Crippen LogP contribution >= 0.6 is 0 Å². The zero-order valence-electron chi connectivity index (χ0n) is 16.6. The van der Waals surface area contributed by atoms with Gasteiger partial charge in [-0.15, -0.1) is 0 Å². The van der Waals surface area contributed by atoms with Crippen LogP contribution in [0.1, 0.15) is 43.7 Å². The number of carbonyl (C=O) groups excluding carboxylic acids is 2. The highest BCUT2D eigenvalue weighted by Crippen LogP contribution is 2.56. The number of rotatable bonds is 2. The fourth-order valence-corrected chi connectivity index (χ4v) is 4.15. The lowest BCUT2D eigenvalue weighted by Gasteiger charge is -2.47. The smallest absolute Gasteiger partial charge is 0.456 e. The summed E-state index contributed by atoms with van der Waals surface area (Å²) in [7, 11) is 0.932. The number of allylic oxidation sites excluding steroid dienone is 2. The van der Waals surface area contributed by atoms with Crippen LogP contribution < -0.4 is 0 Å². The van der Waals surface area contributed by atoms with Crippen LogP contribution in [0.3, 0.4) is 0 Å². The number of aliphatic hydroxyl groups is 1. The van der Waals surface area contributed by atoms with Crippen molar-refractivity contribution < 1.29 is 37.3 Å². The zero-order chi connectivity index (χ0) is 21.8. The molecule has 1 aromatic rings. The van der Waals surface area contributed by atoms with Crippen LogP contribution in [0.25, 0.3) is 0 Å². The Kier molecular flexibility index (Phi) is 5.06. The van der Waals surface area contributed by atoms with Crippen molar-refractivity contribution in [1.29, 1.82) is 0 Å². The van der Waals surface area contributed by atoms with Crippen molar-refractivity contribution in [2.75, 3.05) is 7.11 Å². The van der Waals surface area contributed by atoms with Gasteiger partial charge in [-0.1, -0.05) is 43.7 Å². The van der Waals surface area contributed by atoms with E-state index in [1.807, 2.05) is 0 Å². The fourth-order valence-electron chi connectivity index (χ4n) is 4.15. The molecule has 0 radical (unpaired) electrons. The number of ether oxygens (including phenoxy) is 2. The topological polar surface area (TPSA) is 72.8 Å². The molecule has 3 rings (SSSR count). The average Bonchev–Trinajstić information content (AvgIpc) is 2.58. The predicted octanol–water partition coefficient (Wildman–Crippen LogP) is 3.79. The molecule has 29 heavy (non-hydrogen) atoms. The van der Waals surface area contributed by atoms with E-state index in [1.165, 1.54) is 0 Å². The largest absolute Gasteiger partial charge is 0.469 e. The van der Waals surface area contributed by atoms with Crippen LogP contribution in [0.5, 0.6) is 0 Å². The predicted molar refractivity (Wildman–Crippen MR) is 96.6 cm³/mol. The first kappa shape index (κ1) is 21.4. The summed E-state index contributed by atoms with van der Waals surface area (Å²) in [6, 6.07) is 6.44. The lowest BCUT2D eigenvalue weighted by Crippen LogP contribution is -2.61. The maximum atomic E-state index is 14.0. The number of methoxy groups -OCH3 is 1. The average molecular weight is 412 g/mol. The zero-order valence-corrected chi connectivity index (χ0v) is 16.6. The van der Waals surface area contributed by atoms with Crippen molar-refractivity contribution >= 4 is 11.8 Å². The molecule has 8 heteroatoms. The molecule has 0 aromatic heterocycles. The highest BCUT2D eigenvalue weighted by molar-refractivity contribution is 6.00. The van der Waals surface area contributed by atoms with Gasteiger partial charge in [0.25, 0.3) is 0 Å². The summed E-state index contributed by atoms with van der Waals surface area (Å²) in [4.78, 5) is 25.5. The van der Waals surface area contributed by atoms with E-state index in [2.05, 4.69) is 4.74 Å². The van der Waals surface area contributed by atoms with E-state index in [0.29, 0.717) is 5.56 Å². The van der Waals surface area contributed by atoms with E-state index < -0.39 is 41.0 Å². The SMILES string of the molecule is COC(=O)[C@H]1[C@H](c2ccc(C)cc2)C2=C(CC(C)(C)CC2=O)O[C@]1(O)C(F)(F)F. The van der Waals surface area contributed by atoms with Crippen LogP contribution in [-0.2, 0) is 19.1 Å². The summed E-state index contributed by atoms with van der Waals surface area (Å²) in [5.41, 5.74) is 0.514. The Morgan fingerprint density at radius 3 is 2.31 bits per heavy atom. The highest BCUT2D eigenvalue weighted by Gasteiger charge is 2.70.